The zero-order chi connectivity index (χ0) is 13.1. The molecule has 18 heavy (non-hydrogen) atoms. The van der Waals surface area contributed by atoms with Gasteiger partial charge >= 0.3 is 5.97 Å². The Morgan fingerprint density at radius 3 is 2.83 bits per heavy atom. The fraction of sp³-hybridized carbons (Fsp3) is 0.0833. The second-order valence-electron chi connectivity index (χ2n) is 3.53. The van der Waals surface area contributed by atoms with Gasteiger partial charge in [0.2, 0.25) is 0 Å². The highest BCUT2D eigenvalue weighted by atomic mass is 35.5. The lowest BCUT2D eigenvalue weighted by atomic mass is 10.2. The molecule has 1 heterocycles. The molecule has 0 saturated heterocycles. The maximum Gasteiger partial charge on any atom is 0.337 e. The summed E-state index contributed by atoms with van der Waals surface area (Å²) >= 11 is 7.41. The Hall–Kier alpha value is -1.72. The molecule has 4 nitrogen and oxygen atoms in total. The van der Waals surface area contributed by atoms with Crippen LogP contribution in [0.2, 0.25) is 5.02 Å². The molecule has 6 heteroatoms. The third-order valence-electron chi connectivity index (χ3n) is 2.32. The summed E-state index contributed by atoms with van der Waals surface area (Å²) in [5.74, 6) is -0.627. The third kappa shape index (κ3) is 2.75. The van der Waals surface area contributed by atoms with Crippen molar-refractivity contribution in [1.82, 2.24) is 0 Å². The molecule has 3 N–H and O–H groups in total. The molecule has 2 rings (SSSR count). The molecule has 0 saturated carbocycles. The van der Waals surface area contributed by atoms with Crippen molar-refractivity contribution in [3.63, 3.8) is 0 Å². The number of hydrogen-bond donors (Lipinski definition) is 2. The van der Waals surface area contributed by atoms with Crippen LogP contribution >= 0.6 is 22.9 Å². The Labute approximate surface area is 113 Å². The van der Waals surface area contributed by atoms with Gasteiger partial charge in [0, 0.05) is 5.69 Å². The first-order valence-corrected chi connectivity index (χ1v) is 6.31. The van der Waals surface area contributed by atoms with E-state index in [0.717, 1.165) is 4.88 Å². The highest BCUT2D eigenvalue weighted by Gasteiger charge is 2.10. The Morgan fingerprint density at radius 2 is 2.22 bits per heavy atom. The smallest absolute Gasteiger partial charge is 0.337 e. The van der Waals surface area contributed by atoms with Gasteiger partial charge in [-0.3, -0.25) is 0 Å². The molecule has 0 aliphatic heterocycles. The van der Waals surface area contributed by atoms with E-state index in [-0.39, 0.29) is 11.3 Å². The van der Waals surface area contributed by atoms with Gasteiger partial charge in [-0.2, -0.15) is 0 Å². The molecule has 0 bridgehead atoms. The molecular formula is C12H10ClNO3S. The van der Waals surface area contributed by atoms with Crippen LogP contribution in [0.3, 0.4) is 0 Å². The van der Waals surface area contributed by atoms with Crippen molar-refractivity contribution in [2.45, 2.75) is 6.61 Å². The van der Waals surface area contributed by atoms with Gasteiger partial charge in [0.15, 0.2) is 0 Å². The number of aromatic carboxylic acids is 1. The number of hydrogen-bond acceptors (Lipinski definition) is 4. The lowest BCUT2D eigenvalue weighted by Crippen LogP contribution is -2.03. The minimum Gasteiger partial charge on any atom is -0.488 e. The fourth-order valence-electron chi connectivity index (χ4n) is 1.39. The van der Waals surface area contributed by atoms with E-state index < -0.39 is 5.97 Å². The van der Waals surface area contributed by atoms with E-state index >= 15 is 0 Å². The summed E-state index contributed by atoms with van der Waals surface area (Å²) in [6, 6.07) is 6.33. The Balaban J connectivity index is 2.13. The predicted molar refractivity (Wildman–Crippen MR) is 71.5 cm³/mol. The summed E-state index contributed by atoms with van der Waals surface area (Å²) in [7, 11) is 0. The number of ether oxygens (including phenoxy) is 1. The summed E-state index contributed by atoms with van der Waals surface area (Å²) < 4.78 is 5.48. The minimum atomic E-state index is -1.08. The average molecular weight is 284 g/mol. The van der Waals surface area contributed by atoms with Crippen LogP contribution < -0.4 is 10.5 Å². The molecule has 0 aliphatic carbocycles. The van der Waals surface area contributed by atoms with E-state index in [1.165, 1.54) is 23.5 Å². The molecule has 0 spiro atoms. The number of thiophene rings is 1. The molecule has 0 atom stereocenters. The normalized spacial score (nSPS) is 10.3. The second-order valence-corrected chi connectivity index (χ2v) is 4.94. The summed E-state index contributed by atoms with van der Waals surface area (Å²) in [6.45, 7) is 0.305. The Kier molecular flexibility index (Phi) is 3.74. The number of anilines is 1. The second kappa shape index (κ2) is 5.29. The van der Waals surface area contributed by atoms with E-state index in [4.69, 9.17) is 27.2 Å². The number of rotatable bonds is 4. The van der Waals surface area contributed by atoms with Crippen LogP contribution in [0.1, 0.15) is 15.2 Å². The molecule has 0 amide bonds. The summed E-state index contributed by atoms with van der Waals surface area (Å²) in [5, 5.41) is 11.4. The van der Waals surface area contributed by atoms with Crippen molar-refractivity contribution >= 4 is 34.6 Å². The van der Waals surface area contributed by atoms with Crippen molar-refractivity contribution in [3.8, 4) is 5.75 Å². The topological polar surface area (TPSA) is 72.5 Å². The van der Waals surface area contributed by atoms with E-state index in [1.54, 1.807) is 12.1 Å². The molecule has 0 aliphatic rings. The summed E-state index contributed by atoms with van der Waals surface area (Å²) in [4.78, 5) is 11.8. The van der Waals surface area contributed by atoms with E-state index in [9.17, 15) is 4.79 Å². The maximum atomic E-state index is 10.9. The molecule has 0 unspecified atom stereocenters. The first-order chi connectivity index (χ1) is 8.58. The molecule has 2 aromatic rings. The lowest BCUT2D eigenvalue weighted by Gasteiger charge is -2.07. The minimum absolute atomic E-state index is 0.0322. The van der Waals surface area contributed by atoms with E-state index in [2.05, 4.69) is 0 Å². The van der Waals surface area contributed by atoms with Crippen molar-refractivity contribution in [2.75, 3.05) is 5.73 Å². The molecule has 1 aromatic carbocycles. The van der Waals surface area contributed by atoms with Gasteiger partial charge in [-0.15, -0.1) is 11.3 Å². The van der Waals surface area contributed by atoms with Gasteiger partial charge in [-0.25, -0.2) is 4.79 Å². The van der Waals surface area contributed by atoms with Crippen LogP contribution in [0.15, 0.2) is 29.6 Å². The first-order valence-electron chi connectivity index (χ1n) is 5.05. The monoisotopic (exact) mass is 283 g/mol. The van der Waals surface area contributed by atoms with Crippen LogP contribution in [0, 0.1) is 0 Å². The quantitative estimate of drug-likeness (QED) is 0.845. The van der Waals surface area contributed by atoms with Crippen molar-refractivity contribution in [2.24, 2.45) is 0 Å². The maximum absolute atomic E-state index is 10.9. The third-order valence-corrected chi connectivity index (χ3v) is 3.68. The molecular weight excluding hydrogens is 274 g/mol. The summed E-state index contributed by atoms with van der Waals surface area (Å²) in [6.07, 6.45) is 0. The number of carboxylic acids is 1. The van der Waals surface area contributed by atoms with Crippen molar-refractivity contribution in [3.05, 3.63) is 45.1 Å². The standard InChI is InChI=1S/C12H10ClNO3S/c13-9-3-4-18-11(9)6-17-7-1-2-10(14)8(5-7)12(15)16/h1-5H,6,14H2,(H,15,16). The van der Waals surface area contributed by atoms with Crippen molar-refractivity contribution in [1.29, 1.82) is 0 Å². The van der Waals surface area contributed by atoms with Crippen LogP contribution in [0.5, 0.6) is 5.75 Å². The van der Waals surface area contributed by atoms with Crippen LogP contribution in [0.25, 0.3) is 0 Å². The van der Waals surface area contributed by atoms with Gasteiger partial charge in [-0.1, -0.05) is 11.6 Å². The average Bonchev–Trinajstić information content (AvgIpc) is 2.73. The van der Waals surface area contributed by atoms with Crippen LogP contribution in [-0.4, -0.2) is 11.1 Å². The molecule has 94 valence electrons. The van der Waals surface area contributed by atoms with Gasteiger partial charge in [0.05, 0.1) is 15.5 Å². The highest BCUT2D eigenvalue weighted by Crippen LogP contribution is 2.25. The zero-order valence-electron chi connectivity index (χ0n) is 9.22. The number of halogens is 1. The van der Waals surface area contributed by atoms with Gasteiger partial charge < -0.3 is 15.6 Å². The number of carbonyl (C=O) groups is 1. The van der Waals surface area contributed by atoms with Gasteiger partial charge in [0.1, 0.15) is 12.4 Å². The van der Waals surface area contributed by atoms with Gasteiger partial charge in [0.25, 0.3) is 0 Å². The van der Waals surface area contributed by atoms with Crippen LogP contribution in [0.4, 0.5) is 5.69 Å². The predicted octanol–water partition coefficient (Wildman–Crippen LogP) is 3.26. The molecule has 0 radical (unpaired) electrons. The lowest BCUT2D eigenvalue weighted by molar-refractivity contribution is 0.0697. The van der Waals surface area contributed by atoms with Crippen LogP contribution in [-0.2, 0) is 6.61 Å². The highest BCUT2D eigenvalue weighted by molar-refractivity contribution is 7.10. The zero-order valence-corrected chi connectivity index (χ0v) is 10.8. The summed E-state index contributed by atoms with van der Waals surface area (Å²) in [5.41, 5.74) is 5.79. The Bertz CT molecular complexity index is 582. The fourth-order valence-corrected chi connectivity index (χ4v) is 2.39. The SMILES string of the molecule is Nc1ccc(OCc2sccc2Cl)cc1C(=O)O. The number of nitrogen functional groups attached to an aromatic ring is 1. The van der Waals surface area contributed by atoms with E-state index in [0.29, 0.717) is 17.4 Å². The molecule has 1 aromatic heterocycles. The first kappa shape index (κ1) is 12.7. The van der Waals surface area contributed by atoms with Gasteiger partial charge in [-0.05, 0) is 29.6 Å². The van der Waals surface area contributed by atoms with E-state index in [1.807, 2.05) is 5.38 Å². The largest absolute Gasteiger partial charge is 0.488 e. The van der Waals surface area contributed by atoms with Crippen molar-refractivity contribution < 1.29 is 14.6 Å². The number of carboxylic acid groups (broad SMARTS) is 1. The Morgan fingerprint density at radius 1 is 1.44 bits per heavy atom. The number of nitrogens with two attached hydrogens (primary N) is 1. The molecule has 0 fully saturated rings. The number of benzene rings is 1.